The van der Waals surface area contributed by atoms with E-state index in [-0.39, 0.29) is 24.9 Å². The number of hydrogen-bond acceptors (Lipinski definition) is 6. The summed E-state index contributed by atoms with van der Waals surface area (Å²) in [5.74, 6) is -0.953. The summed E-state index contributed by atoms with van der Waals surface area (Å²) in [5.41, 5.74) is 5.00. The maximum absolute atomic E-state index is 11.1. The molecular formula is C10H20N2O4. The van der Waals surface area contributed by atoms with Gasteiger partial charge in [-0.15, -0.1) is 0 Å². The first kappa shape index (κ1) is 14.9. The van der Waals surface area contributed by atoms with Crippen molar-refractivity contribution < 1.29 is 19.3 Å². The molecule has 6 nitrogen and oxygen atoms in total. The van der Waals surface area contributed by atoms with Gasteiger partial charge in [-0.3, -0.25) is 9.59 Å². The van der Waals surface area contributed by atoms with Crippen molar-refractivity contribution in [2.24, 2.45) is 0 Å². The Kier molecular flexibility index (Phi) is 7.49. The van der Waals surface area contributed by atoms with E-state index in [1.165, 1.54) is 0 Å². The molecule has 2 N–H and O–H groups in total. The van der Waals surface area contributed by atoms with Gasteiger partial charge in [-0.25, -0.2) is 0 Å². The van der Waals surface area contributed by atoms with Gasteiger partial charge >= 0.3 is 11.9 Å². The largest absolute Gasteiger partial charge is 0.370 e. The highest BCUT2D eigenvalue weighted by Gasteiger charge is 2.10. The lowest BCUT2D eigenvalue weighted by Crippen LogP contribution is -2.28. The molecule has 0 bridgehead atoms. The Balaban J connectivity index is 3.55. The number of nitrogens with one attached hydrogen (secondary N) is 2. The minimum atomic E-state index is -0.477. The number of hydrogen-bond donors (Lipinski definition) is 2. The van der Waals surface area contributed by atoms with E-state index < -0.39 is 11.9 Å². The van der Waals surface area contributed by atoms with Crippen molar-refractivity contribution in [1.29, 1.82) is 0 Å². The Labute approximate surface area is 95.6 Å². The topological polar surface area (TPSA) is 76.7 Å². The van der Waals surface area contributed by atoms with Crippen molar-refractivity contribution in [2.45, 2.75) is 52.6 Å². The molecule has 0 radical (unpaired) electrons. The van der Waals surface area contributed by atoms with Gasteiger partial charge in [0.05, 0.1) is 12.8 Å². The fourth-order valence-corrected chi connectivity index (χ4v) is 0.673. The Morgan fingerprint density at radius 3 is 1.44 bits per heavy atom. The van der Waals surface area contributed by atoms with Crippen molar-refractivity contribution in [3.63, 3.8) is 0 Å². The van der Waals surface area contributed by atoms with Crippen LogP contribution in [-0.4, -0.2) is 24.0 Å². The van der Waals surface area contributed by atoms with Gasteiger partial charge in [0.1, 0.15) is 0 Å². The van der Waals surface area contributed by atoms with E-state index in [1.807, 2.05) is 27.7 Å². The Morgan fingerprint density at radius 2 is 1.19 bits per heavy atom. The zero-order valence-corrected chi connectivity index (χ0v) is 10.2. The molecule has 0 heterocycles. The van der Waals surface area contributed by atoms with Crippen LogP contribution in [0.4, 0.5) is 0 Å². The van der Waals surface area contributed by atoms with Crippen molar-refractivity contribution >= 4 is 11.9 Å². The van der Waals surface area contributed by atoms with Crippen molar-refractivity contribution in [1.82, 2.24) is 11.0 Å². The Hall–Kier alpha value is -1.14. The van der Waals surface area contributed by atoms with E-state index >= 15 is 0 Å². The molecule has 0 amide bonds. The third-order valence-electron chi connectivity index (χ3n) is 1.35. The summed E-state index contributed by atoms with van der Waals surface area (Å²) >= 11 is 0. The third-order valence-corrected chi connectivity index (χ3v) is 1.35. The van der Waals surface area contributed by atoms with E-state index in [0.717, 1.165) is 0 Å². The van der Waals surface area contributed by atoms with Gasteiger partial charge in [0.25, 0.3) is 0 Å². The van der Waals surface area contributed by atoms with Gasteiger partial charge < -0.3 is 9.68 Å². The summed E-state index contributed by atoms with van der Waals surface area (Å²) in [6.07, 6.45) is -0.00332. The molecule has 6 heteroatoms. The minimum absolute atomic E-state index is 0.00166. The van der Waals surface area contributed by atoms with Crippen molar-refractivity contribution in [3.05, 3.63) is 0 Å². The fourth-order valence-electron chi connectivity index (χ4n) is 0.673. The van der Waals surface area contributed by atoms with Crippen LogP contribution < -0.4 is 11.0 Å². The molecule has 16 heavy (non-hydrogen) atoms. The summed E-state index contributed by atoms with van der Waals surface area (Å²) < 4.78 is 0. The Morgan fingerprint density at radius 1 is 0.875 bits per heavy atom. The number of rotatable bonds is 7. The monoisotopic (exact) mass is 232 g/mol. The SMILES string of the molecule is CC(C)NOC(=O)CCC(=O)ONC(C)C. The first-order valence-corrected chi connectivity index (χ1v) is 5.32. The lowest BCUT2D eigenvalue weighted by Gasteiger charge is -2.09. The summed E-state index contributed by atoms with van der Waals surface area (Å²) in [6, 6.07) is 0.108. The zero-order chi connectivity index (χ0) is 12.6. The molecule has 0 aliphatic rings. The van der Waals surface area contributed by atoms with Gasteiger partial charge in [0.15, 0.2) is 0 Å². The van der Waals surface area contributed by atoms with Crippen LogP contribution in [0.2, 0.25) is 0 Å². The molecule has 94 valence electrons. The van der Waals surface area contributed by atoms with Crippen LogP contribution in [0.1, 0.15) is 40.5 Å². The molecule has 0 spiro atoms. The second-order valence-electron chi connectivity index (χ2n) is 3.99. The lowest BCUT2D eigenvalue weighted by atomic mass is 10.3. The van der Waals surface area contributed by atoms with Crippen LogP contribution in [0.5, 0.6) is 0 Å². The highest BCUT2D eigenvalue weighted by atomic mass is 16.7. The summed E-state index contributed by atoms with van der Waals surface area (Å²) in [6.45, 7) is 7.37. The third kappa shape index (κ3) is 9.42. The van der Waals surface area contributed by atoms with Gasteiger partial charge in [-0.1, -0.05) is 0 Å². The molecule has 0 aromatic rings. The first-order valence-electron chi connectivity index (χ1n) is 5.32. The van der Waals surface area contributed by atoms with Crippen molar-refractivity contribution in [2.75, 3.05) is 0 Å². The standard InChI is InChI=1S/C10H20N2O4/c1-7(2)11-15-9(13)5-6-10(14)16-12-8(3)4/h7-8,11-12H,5-6H2,1-4H3. The van der Waals surface area contributed by atoms with Crippen LogP contribution >= 0.6 is 0 Å². The molecule has 0 rings (SSSR count). The number of carbonyl (C=O) groups is 2. The van der Waals surface area contributed by atoms with Gasteiger partial charge in [0, 0.05) is 12.1 Å². The molecule has 0 aromatic heterocycles. The van der Waals surface area contributed by atoms with E-state index in [4.69, 9.17) is 0 Å². The smallest absolute Gasteiger partial charge is 0.325 e. The average Bonchev–Trinajstić information content (AvgIpc) is 2.20. The molecule has 0 saturated heterocycles. The van der Waals surface area contributed by atoms with Gasteiger partial charge in [-0.05, 0) is 27.7 Å². The molecular weight excluding hydrogens is 212 g/mol. The zero-order valence-electron chi connectivity index (χ0n) is 10.2. The molecule has 0 saturated carbocycles. The second-order valence-corrected chi connectivity index (χ2v) is 3.99. The van der Waals surface area contributed by atoms with E-state index in [1.54, 1.807) is 0 Å². The van der Waals surface area contributed by atoms with Crippen LogP contribution in [0.25, 0.3) is 0 Å². The van der Waals surface area contributed by atoms with Crippen molar-refractivity contribution in [3.8, 4) is 0 Å². The molecule has 0 unspecified atom stereocenters. The molecule has 0 aliphatic carbocycles. The van der Waals surface area contributed by atoms with Crippen LogP contribution in [0.15, 0.2) is 0 Å². The average molecular weight is 232 g/mol. The predicted molar refractivity (Wildman–Crippen MR) is 58.0 cm³/mol. The molecule has 0 atom stereocenters. The normalized spacial score (nSPS) is 10.6. The maximum atomic E-state index is 11.1. The molecule has 0 aromatic carbocycles. The highest BCUT2D eigenvalue weighted by molar-refractivity contribution is 5.77. The lowest BCUT2D eigenvalue weighted by molar-refractivity contribution is -0.159. The van der Waals surface area contributed by atoms with E-state index in [2.05, 4.69) is 20.6 Å². The summed E-state index contributed by atoms with van der Waals surface area (Å²) in [5, 5.41) is 0. The predicted octanol–water partition coefficient (Wildman–Crippen LogP) is 0.679. The summed E-state index contributed by atoms with van der Waals surface area (Å²) in [4.78, 5) is 31.5. The Bertz CT molecular complexity index is 205. The quantitative estimate of drug-likeness (QED) is 0.629. The number of hydroxylamine groups is 2. The maximum Gasteiger partial charge on any atom is 0.325 e. The van der Waals surface area contributed by atoms with Crippen LogP contribution in [-0.2, 0) is 19.3 Å². The van der Waals surface area contributed by atoms with Crippen LogP contribution in [0, 0.1) is 0 Å². The van der Waals surface area contributed by atoms with E-state index in [0.29, 0.717) is 0 Å². The first-order chi connectivity index (χ1) is 7.41. The minimum Gasteiger partial charge on any atom is -0.370 e. The van der Waals surface area contributed by atoms with Crippen LogP contribution in [0.3, 0.4) is 0 Å². The second kappa shape index (κ2) is 8.06. The summed E-state index contributed by atoms with van der Waals surface area (Å²) in [7, 11) is 0. The van der Waals surface area contributed by atoms with E-state index in [9.17, 15) is 9.59 Å². The molecule has 0 aliphatic heterocycles. The molecule has 0 fully saturated rings. The van der Waals surface area contributed by atoms with Gasteiger partial charge in [-0.2, -0.15) is 11.0 Å². The highest BCUT2D eigenvalue weighted by Crippen LogP contribution is 1.94. The number of carbonyl (C=O) groups excluding carboxylic acids is 2. The fraction of sp³-hybridized carbons (Fsp3) is 0.800. The van der Waals surface area contributed by atoms with Gasteiger partial charge in [0.2, 0.25) is 0 Å².